The quantitative estimate of drug-likeness (QED) is 0.594. The number of carboxylic acids is 1. The molecule has 1 aliphatic rings. The minimum atomic E-state index is -4.46. The van der Waals surface area contributed by atoms with Gasteiger partial charge in [-0.05, 0) is 43.2 Å². The largest absolute Gasteiger partial charge is 0.478 e. The van der Waals surface area contributed by atoms with Crippen LogP contribution in [0.2, 0.25) is 0 Å². The van der Waals surface area contributed by atoms with Gasteiger partial charge in [0.05, 0.1) is 22.7 Å². The molecule has 1 amide bonds. The van der Waals surface area contributed by atoms with Crippen LogP contribution in [0.25, 0.3) is 22.2 Å². The molecule has 1 fully saturated rings. The number of alkyl halides is 3. The number of benzene rings is 2. The van der Waals surface area contributed by atoms with E-state index in [9.17, 15) is 27.9 Å². The summed E-state index contributed by atoms with van der Waals surface area (Å²) in [5.41, 5.74) is 1.27. The number of halogens is 3. The smallest absolute Gasteiger partial charge is 0.416 e. The monoisotopic (exact) mass is 443 g/mol. The highest BCUT2D eigenvalue weighted by Crippen LogP contribution is 2.37. The molecule has 1 aromatic heterocycles. The fraction of sp³-hybridized carbons (Fsp3) is 0.261. The number of rotatable bonds is 4. The van der Waals surface area contributed by atoms with Crippen molar-refractivity contribution in [2.75, 3.05) is 13.1 Å². The van der Waals surface area contributed by atoms with E-state index in [2.05, 4.69) is 11.7 Å². The Balaban J connectivity index is 1.90. The second-order valence-corrected chi connectivity index (χ2v) is 7.76. The van der Waals surface area contributed by atoms with Gasteiger partial charge in [-0.3, -0.25) is 9.48 Å². The highest BCUT2D eigenvalue weighted by Gasteiger charge is 2.32. The number of aromatic carboxylic acids is 1. The molecule has 32 heavy (non-hydrogen) atoms. The topological polar surface area (TPSA) is 75.4 Å². The SMILES string of the molecule is C=CC(=O)N1CCC(n2nc(-c3ccc(C(F)(F)F)cc3)c3c(C)ccc(C(=O)O)c32)C1. The highest BCUT2D eigenvalue weighted by atomic mass is 19.4. The Morgan fingerprint density at radius 2 is 1.88 bits per heavy atom. The van der Waals surface area contributed by atoms with Gasteiger partial charge in [0.25, 0.3) is 0 Å². The van der Waals surface area contributed by atoms with E-state index in [-0.39, 0.29) is 17.5 Å². The average molecular weight is 443 g/mol. The zero-order valence-corrected chi connectivity index (χ0v) is 17.2. The molecule has 0 radical (unpaired) electrons. The van der Waals surface area contributed by atoms with Crippen LogP contribution >= 0.6 is 0 Å². The first-order valence-electron chi connectivity index (χ1n) is 9.96. The molecule has 1 saturated heterocycles. The van der Waals surface area contributed by atoms with E-state index in [4.69, 9.17) is 0 Å². The molecule has 1 atom stereocenters. The van der Waals surface area contributed by atoms with Gasteiger partial charge < -0.3 is 10.0 Å². The maximum absolute atomic E-state index is 13.0. The van der Waals surface area contributed by atoms with Crippen molar-refractivity contribution in [2.45, 2.75) is 25.6 Å². The van der Waals surface area contributed by atoms with Gasteiger partial charge >= 0.3 is 12.1 Å². The number of carbonyl (C=O) groups is 2. The molecule has 0 spiro atoms. The normalized spacial score (nSPS) is 16.5. The Kier molecular flexibility index (Phi) is 5.28. The summed E-state index contributed by atoms with van der Waals surface area (Å²) in [4.78, 5) is 25.6. The fourth-order valence-corrected chi connectivity index (χ4v) is 4.16. The minimum absolute atomic E-state index is 0.0461. The maximum atomic E-state index is 13.0. The summed E-state index contributed by atoms with van der Waals surface area (Å²) in [6.07, 6.45) is -2.67. The Hall–Kier alpha value is -3.62. The predicted octanol–water partition coefficient (Wildman–Crippen LogP) is 4.69. The third-order valence-corrected chi connectivity index (χ3v) is 5.77. The first kappa shape index (κ1) is 21.6. The Morgan fingerprint density at radius 3 is 2.47 bits per heavy atom. The maximum Gasteiger partial charge on any atom is 0.416 e. The second kappa shape index (κ2) is 7.81. The summed E-state index contributed by atoms with van der Waals surface area (Å²) in [5.74, 6) is -1.35. The van der Waals surface area contributed by atoms with Crippen LogP contribution in [0.4, 0.5) is 13.2 Å². The number of fused-ring (bicyclic) bond motifs is 1. The van der Waals surface area contributed by atoms with Crippen LogP contribution in [0.1, 0.15) is 33.9 Å². The summed E-state index contributed by atoms with van der Waals surface area (Å²) >= 11 is 0. The molecule has 0 aliphatic carbocycles. The van der Waals surface area contributed by atoms with E-state index in [1.807, 2.05) is 0 Å². The summed E-state index contributed by atoms with van der Waals surface area (Å²) in [6, 6.07) is 7.52. The number of carboxylic acid groups (broad SMARTS) is 1. The van der Waals surface area contributed by atoms with E-state index in [0.717, 1.165) is 17.7 Å². The minimum Gasteiger partial charge on any atom is -0.478 e. The first-order valence-corrected chi connectivity index (χ1v) is 9.96. The number of hydrogen-bond donors (Lipinski definition) is 1. The number of aromatic nitrogens is 2. The summed E-state index contributed by atoms with van der Waals surface area (Å²) < 4.78 is 40.6. The number of amides is 1. The predicted molar refractivity (Wildman–Crippen MR) is 112 cm³/mol. The molecule has 6 nitrogen and oxygen atoms in total. The Bertz CT molecular complexity index is 1230. The molecule has 2 heterocycles. The number of carbonyl (C=O) groups excluding carboxylic acids is 1. The Labute approximate surface area is 181 Å². The molecular formula is C23H20F3N3O3. The van der Waals surface area contributed by atoms with Gasteiger partial charge in [-0.15, -0.1) is 0 Å². The van der Waals surface area contributed by atoms with Gasteiger partial charge in [0.15, 0.2) is 0 Å². The van der Waals surface area contributed by atoms with E-state index in [1.165, 1.54) is 24.3 Å². The lowest BCUT2D eigenvalue weighted by Crippen LogP contribution is -2.27. The van der Waals surface area contributed by atoms with E-state index < -0.39 is 17.7 Å². The van der Waals surface area contributed by atoms with Gasteiger partial charge in [0.2, 0.25) is 5.91 Å². The molecule has 4 rings (SSSR count). The van der Waals surface area contributed by atoms with Crippen LogP contribution in [0.15, 0.2) is 49.1 Å². The molecule has 1 N–H and O–H groups in total. The lowest BCUT2D eigenvalue weighted by molar-refractivity contribution is -0.137. The molecule has 1 aliphatic heterocycles. The van der Waals surface area contributed by atoms with Gasteiger partial charge in [-0.2, -0.15) is 18.3 Å². The summed E-state index contributed by atoms with van der Waals surface area (Å²) in [6.45, 7) is 6.11. The highest BCUT2D eigenvalue weighted by molar-refractivity contribution is 6.07. The molecule has 0 saturated carbocycles. The van der Waals surface area contributed by atoms with Crippen molar-refractivity contribution in [1.82, 2.24) is 14.7 Å². The number of aryl methyl sites for hydroxylation is 1. The van der Waals surface area contributed by atoms with Gasteiger partial charge in [-0.25, -0.2) is 4.79 Å². The van der Waals surface area contributed by atoms with Crippen LogP contribution < -0.4 is 0 Å². The van der Waals surface area contributed by atoms with Crippen molar-refractivity contribution in [3.05, 3.63) is 65.7 Å². The molecule has 0 bridgehead atoms. The molecule has 2 aromatic carbocycles. The van der Waals surface area contributed by atoms with E-state index in [1.54, 1.807) is 22.6 Å². The van der Waals surface area contributed by atoms with Crippen LogP contribution in [-0.4, -0.2) is 44.8 Å². The van der Waals surface area contributed by atoms with E-state index in [0.29, 0.717) is 41.7 Å². The molecule has 166 valence electrons. The zero-order valence-electron chi connectivity index (χ0n) is 17.2. The molecular weight excluding hydrogens is 423 g/mol. The second-order valence-electron chi connectivity index (χ2n) is 7.76. The lowest BCUT2D eigenvalue weighted by atomic mass is 10.00. The average Bonchev–Trinajstić information content (AvgIpc) is 3.38. The van der Waals surface area contributed by atoms with Crippen LogP contribution in [0.5, 0.6) is 0 Å². The first-order chi connectivity index (χ1) is 15.1. The van der Waals surface area contributed by atoms with Crippen molar-refractivity contribution in [2.24, 2.45) is 0 Å². The van der Waals surface area contributed by atoms with Crippen molar-refractivity contribution in [3.63, 3.8) is 0 Å². The van der Waals surface area contributed by atoms with Crippen LogP contribution in [0.3, 0.4) is 0 Å². The van der Waals surface area contributed by atoms with Crippen molar-refractivity contribution >= 4 is 22.8 Å². The third kappa shape index (κ3) is 3.63. The molecule has 9 heteroatoms. The van der Waals surface area contributed by atoms with Gasteiger partial charge in [0.1, 0.15) is 5.69 Å². The van der Waals surface area contributed by atoms with Crippen molar-refractivity contribution in [3.8, 4) is 11.3 Å². The van der Waals surface area contributed by atoms with E-state index >= 15 is 0 Å². The number of hydrogen-bond acceptors (Lipinski definition) is 3. The zero-order chi connectivity index (χ0) is 23.2. The van der Waals surface area contributed by atoms with Gasteiger partial charge in [0, 0.05) is 24.0 Å². The van der Waals surface area contributed by atoms with Gasteiger partial charge in [-0.1, -0.05) is 24.8 Å². The fourth-order valence-electron chi connectivity index (χ4n) is 4.16. The van der Waals surface area contributed by atoms with Crippen molar-refractivity contribution in [1.29, 1.82) is 0 Å². The van der Waals surface area contributed by atoms with Crippen LogP contribution in [-0.2, 0) is 11.0 Å². The number of nitrogens with zero attached hydrogens (tertiary/aromatic N) is 3. The third-order valence-electron chi connectivity index (χ3n) is 5.77. The number of likely N-dealkylation sites (tertiary alicyclic amines) is 1. The molecule has 3 aromatic rings. The summed E-state index contributed by atoms with van der Waals surface area (Å²) in [5, 5.41) is 15.0. The molecule has 1 unspecified atom stereocenters. The summed E-state index contributed by atoms with van der Waals surface area (Å²) in [7, 11) is 0. The Morgan fingerprint density at radius 1 is 1.19 bits per heavy atom. The van der Waals surface area contributed by atoms with Crippen LogP contribution in [0, 0.1) is 6.92 Å². The standard InChI is InChI=1S/C23H20F3N3O3/c1-3-18(30)28-11-10-16(12-28)29-21-17(22(31)32)9-4-13(2)19(21)20(27-29)14-5-7-15(8-6-14)23(24,25)26/h3-9,16H,1,10-12H2,2H3,(H,31,32). The van der Waals surface area contributed by atoms with Crippen molar-refractivity contribution < 1.29 is 27.9 Å². The lowest BCUT2D eigenvalue weighted by Gasteiger charge is -2.16.